The van der Waals surface area contributed by atoms with E-state index >= 15 is 0 Å². The van der Waals surface area contributed by atoms with E-state index in [0.29, 0.717) is 18.0 Å². The molecule has 0 atom stereocenters. The van der Waals surface area contributed by atoms with Crippen molar-refractivity contribution in [1.29, 1.82) is 0 Å². The number of pyridine rings is 1. The maximum atomic E-state index is 13.4. The second-order valence-electron chi connectivity index (χ2n) is 6.46. The summed E-state index contributed by atoms with van der Waals surface area (Å²) in [6.45, 7) is -0.346. The first-order valence-corrected chi connectivity index (χ1v) is 10.6. The number of rotatable bonds is 8. The summed E-state index contributed by atoms with van der Waals surface area (Å²) in [4.78, 5) is 15.7. The number of carbonyl (C=O) groups excluding carboxylic acids is 1. The van der Waals surface area contributed by atoms with Gasteiger partial charge in [-0.1, -0.05) is 6.07 Å². The van der Waals surface area contributed by atoms with Crippen molar-refractivity contribution in [2.75, 3.05) is 12.4 Å². The number of carbonyl (C=O) groups is 1. The zero-order chi connectivity index (χ0) is 22.4. The molecule has 0 bridgehead atoms. The van der Waals surface area contributed by atoms with Crippen molar-refractivity contribution in [3.05, 3.63) is 77.6 Å². The number of methoxy groups -OCH3 is 1. The van der Waals surface area contributed by atoms with Crippen molar-refractivity contribution in [1.82, 2.24) is 10.5 Å². The Morgan fingerprint density at radius 2 is 1.87 bits per heavy atom. The van der Waals surface area contributed by atoms with Crippen LogP contribution in [0.15, 0.2) is 70.7 Å². The van der Waals surface area contributed by atoms with Gasteiger partial charge in [0.15, 0.2) is 0 Å². The van der Waals surface area contributed by atoms with E-state index in [1.54, 1.807) is 18.5 Å². The Kier molecular flexibility index (Phi) is 6.85. The number of anilines is 1. The third-order valence-electron chi connectivity index (χ3n) is 4.61. The minimum Gasteiger partial charge on any atom is -0.497 e. The molecule has 3 rings (SSSR count). The SMILES string of the molecule is COc1ccc(S(=O)(=O)c2c(C(=O)NO)ccc(NCc3cccnc3)c2CO)cc1. The van der Waals surface area contributed by atoms with E-state index in [1.165, 1.54) is 49.0 Å². The Hall–Kier alpha value is -3.47. The summed E-state index contributed by atoms with van der Waals surface area (Å²) in [6.07, 6.45) is 3.28. The normalized spacial score (nSPS) is 11.1. The second-order valence-corrected chi connectivity index (χ2v) is 8.35. The quantitative estimate of drug-likeness (QED) is 0.307. The molecule has 0 aliphatic carbocycles. The third kappa shape index (κ3) is 4.66. The minimum atomic E-state index is -4.24. The smallest absolute Gasteiger partial charge is 0.275 e. The van der Waals surface area contributed by atoms with Crippen LogP contribution in [0.1, 0.15) is 21.5 Å². The molecule has 3 aromatic rings. The zero-order valence-electron chi connectivity index (χ0n) is 16.6. The lowest BCUT2D eigenvalue weighted by Gasteiger charge is -2.18. The predicted octanol–water partition coefficient (Wildman–Crippen LogP) is 2.15. The van der Waals surface area contributed by atoms with Crippen molar-refractivity contribution in [3.8, 4) is 5.75 Å². The van der Waals surface area contributed by atoms with Crippen LogP contribution in [0.2, 0.25) is 0 Å². The van der Waals surface area contributed by atoms with Gasteiger partial charge in [-0.15, -0.1) is 0 Å². The Morgan fingerprint density at radius 1 is 1.13 bits per heavy atom. The molecule has 162 valence electrons. The summed E-state index contributed by atoms with van der Waals surface area (Å²) in [5.41, 5.74) is 2.33. The molecule has 0 aliphatic heterocycles. The zero-order valence-corrected chi connectivity index (χ0v) is 17.4. The number of nitrogens with zero attached hydrogens (tertiary/aromatic N) is 1. The standard InChI is InChI=1S/C21H21N3O6S/c1-30-15-4-6-16(7-5-15)31(28,29)20-17(21(26)24-27)8-9-19(18(20)13-25)23-12-14-3-2-10-22-11-14/h2-11,23,25,27H,12-13H2,1H3,(H,24,26). The summed E-state index contributed by atoms with van der Waals surface area (Å²) in [6, 6.07) is 12.0. The molecule has 10 heteroatoms. The highest BCUT2D eigenvalue weighted by atomic mass is 32.2. The van der Waals surface area contributed by atoms with Gasteiger partial charge in [-0.2, -0.15) is 0 Å². The molecule has 0 aliphatic rings. The molecule has 0 saturated heterocycles. The topological polar surface area (TPSA) is 138 Å². The van der Waals surface area contributed by atoms with Gasteiger partial charge in [0, 0.05) is 30.2 Å². The molecule has 0 spiro atoms. The first kappa shape index (κ1) is 22.2. The highest BCUT2D eigenvalue weighted by Gasteiger charge is 2.29. The van der Waals surface area contributed by atoms with Gasteiger partial charge in [-0.3, -0.25) is 15.0 Å². The Bertz CT molecular complexity index is 1170. The van der Waals surface area contributed by atoms with Crippen LogP contribution in [0.25, 0.3) is 0 Å². The van der Waals surface area contributed by atoms with E-state index in [9.17, 15) is 18.3 Å². The number of hydrogen-bond acceptors (Lipinski definition) is 8. The molecule has 1 heterocycles. The van der Waals surface area contributed by atoms with Crippen molar-refractivity contribution in [2.24, 2.45) is 0 Å². The second kappa shape index (κ2) is 9.56. The van der Waals surface area contributed by atoms with E-state index < -0.39 is 27.2 Å². The fourth-order valence-corrected chi connectivity index (χ4v) is 4.75. The molecule has 31 heavy (non-hydrogen) atoms. The number of benzene rings is 2. The van der Waals surface area contributed by atoms with Gasteiger partial charge in [0.05, 0.1) is 29.1 Å². The van der Waals surface area contributed by atoms with Crippen molar-refractivity contribution in [3.63, 3.8) is 0 Å². The lowest BCUT2D eigenvalue weighted by atomic mass is 10.1. The largest absolute Gasteiger partial charge is 0.497 e. The van der Waals surface area contributed by atoms with Crippen LogP contribution in [0.4, 0.5) is 5.69 Å². The van der Waals surface area contributed by atoms with Crippen molar-refractivity contribution in [2.45, 2.75) is 22.9 Å². The maximum absolute atomic E-state index is 13.4. The predicted molar refractivity (Wildman–Crippen MR) is 112 cm³/mol. The minimum absolute atomic E-state index is 0.000748. The van der Waals surface area contributed by atoms with Gasteiger partial charge >= 0.3 is 0 Å². The van der Waals surface area contributed by atoms with Crippen LogP contribution in [0, 0.1) is 0 Å². The van der Waals surface area contributed by atoms with Crippen LogP contribution >= 0.6 is 0 Å². The molecule has 0 saturated carbocycles. The van der Waals surface area contributed by atoms with E-state index in [2.05, 4.69) is 10.3 Å². The number of aliphatic hydroxyl groups excluding tert-OH is 1. The summed E-state index contributed by atoms with van der Waals surface area (Å²) in [7, 11) is -2.78. The van der Waals surface area contributed by atoms with Gasteiger partial charge in [0.1, 0.15) is 5.75 Å². The molecule has 9 nitrogen and oxygen atoms in total. The van der Waals surface area contributed by atoms with Gasteiger partial charge < -0.3 is 15.2 Å². The molecule has 4 N–H and O–H groups in total. The number of ether oxygens (including phenoxy) is 1. The van der Waals surface area contributed by atoms with Gasteiger partial charge in [0.25, 0.3) is 5.91 Å². The molecule has 0 fully saturated rings. The van der Waals surface area contributed by atoms with E-state index in [0.717, 1.165) is 5.56 Å². The van der Waals surface area contributed by atoms with Gasteiger partial charge in [-0.25, -0.2) is 13.9 Å². The monoisotopic (exact) mass is 443 g/mol. The Balaban J connectivity index is 2.13. The third-order valence-corrected chi connectivity index (χ3v) is 6.51. The van der Waals surface area contributed by atoms with Crippen LogP contribution in [0.5, 0.6) is 5.75 Å². The van der Waals surface area contributed by atoms with Crippen LogP contribution in [-0.2, 0) is 23.0 Å². The van der Waals surface area contributed by atoms with E-state index in [-0.39, 0.29) is 16.0 Å². The van der Waals surface area contributed by atoms with Gasteiger partial charge in [-0.05, 0) is 48.0 Å². The average Bonchev–Trinajstić information content (AvgIpc) is 2.82. The van der Waals surface area contributed by atoms with Crippen LogP contribution < -0.4 is 15.5 Å². The summed E-state index contributed by atoms with van der Waals surface area (Å²) in [5, 5.41) is 22.2. The number of amides is 1. The number of sulfone groups is 1. The summed E-state index contributed by atoms with van der Waals surface area (Å²) < 4.78 is 31.9. The van der Waals surface area contributed by atoms with Crippen molar-refractivity contribution < 1.29 is 28.3 Å². The van der Waals surface area contributed by atoms with Crippen molar-refractivity contribution >= 4 is 21.4 Å². The molecular weight excluding hydrogens is 422 g/mol. The number of nitrogens with one attached hydrogen (secondary N) is 2. The maximum Gasteiger partial charge on any atom is 0.275 e. The molecule has 1 aromatic heterocycles. The fourth-order valence-electron chi connectivity index (χ4n) is 3.07. The van der Waals surface area contributed by atoms with Crippen LogP contribution in [-0.4, -0.2) is 36.7 Å². The first-order valence-electron chi connectivity index (χ1n) is 9.15. The highest BCUT2D eigenvalue weighted by Crippen LogP contribution is 2.33. The first-order chi connectivity index (χ1) is 14.9. The molecule has 2 aromatic carbocycles. The Morgan fingerprint density at radius 3 is 2.45 bits per heavy atom. The van der Waals surface area contributed by atoms with E-state index in [1.807, 2.05) is 6.07 Å². The Labute approximate surface area is 179 Å². The lowest BCUT2D eigenvalue weighted by Crippen LogP contribution is -2.23. The molecule has 1 amide bonds. The number of hydroxylamine groups is 1. The van der Waals surface area contributed by atoms with E-state index in [4.69, 9.17) is 9.94 Å². The number of hydrogen-bond donors (Lipinski definition) is 4. The molecule has 0 unspecified atom stereocenters. The highest BCUT2D eigenvalue weighted by molar-refractivity contribution is 7.91. The number of aliphatic hydroxyl groups is 1. The average molecular weight is 443 g/mol. The fraction of sp³-hybridized carbons (Fsp3) is 0.143. The molecule has 0 radical (unpaired) electrons. The lowest BCUT2D eigenvalue weighted by molar-refractivity contribution is 0.0702. The summed E-state index contributed by atoms with van der Waals surface area (Å²) >= 11 is 0. The summed E-state index contributed by atoms with van der Waals surface area (Å²) in [5.74, 6) is -0.554. The van der Waals surface area contributed by atoms with Gasteiger partial charge in [0.2, 0.25) is 9.84 Å². The molecular formula is C21H21N3O6S. The number of aromatic nitrogens is 1. The van der Waals surface area contributed by atoms with Crippen LogP contribution in [0.3, 0.4) is 0 Å².